The van der Waals surface area contributed by atoms with Crippen LogP contribution in [0.25, 0.3) is 6.08 Å². The number of hydrogen-bond acceptors (Lipinski definition) is 7. The lowest BCUT2D eigenvalue weighted by molar-refractivity contribution is -0.312. The van der Waals surface area contributed by atoms with Gasteiger partial charge in [0.25, 0.3) is 11.8 Å². The fraction of sp³-hybridized carbons (Fsp3) is 0.250. The van der Waals surface area contributed by atoms with Gasteiger partial charge in [-0.1, -0.05) is 31.2 Å². The molecule has 9 heteroatoms. The van der Waals surface area contributed by atoms with Gasteiger partial charge in [-0.3, -0.25) is 19.8 Å². The van der Waals surface area contributed by atoms with Crippen LogP contribution < -0.4 is 24.8 Å². The maximum absolute atomic E-state index is 13.3. The smallest absolute Gasteiger partial charge is 0.270 e. The molecule has 1 heterocycles. The minimum Gasteiger partial charge on any atom is -0.546 e. The molecule has 1 aliphatic rings. The summed E-state index contributed by atoms with van der Waals surface area (Å²) in [6, 6.07) is 12.0. The first-order valence-corrected chi connectivity index (χ1v) is 10.8. The van der Waals surface area contributed by atoms with E-state index in [1.165, 1.54) is 24.0 Å². The van der Waals surface area contributed by atoms with Crippen LogP contribution in [-0.2, 0) is 20.8 Å². The maximum atomic E-state index is 13.3. The number of carbonyl (C=O) groups is 3. The average molecular weight is 468 g/mol. The van der Waals surface area contributed by atoms with Crippen molar-refractivity contribution in [3.8, 4) is 11.5 Å². The normalized spacial score (nSPS) is 15.9. The number of ether oxygens (including phenoxy) is 2. The van der Waals surface area contributed by atoms with Gasteiger partial charge in [-0.25, -0.2) is 0 Å². The van der Waals surface area contributed by atoms with Gasteiger partial charge in [0.05, 0.1) is 18.3 Å². The summed E-state index contributed by atoms with van der Waals surface area (Å²) >= 11 is 5.28. The number of nitrogens with one attached hydrogen (secondary N) is 1. The van der Waals surface area contributed by atoms with Gasteiger partial charge >= 0.3 is 0 Å². The molecule has 2 aromatic carbocycles. The number of rotatable bonds is 8. The third-order valence-corrected chi connectivity index (χ3v) is 5.21. The molecule has 0 radical (unpaired) electrons. The van der Waals surface area contributed by atoms with Crippen molar-refractivity contribution in [3.63, 3.8) is 0 Å². The summed E-state index contributed by atoms with van der Waals surface area (Å²) in [7, 11) is 0. The molecule has 1 aliphatic heterocycles. The zero-order valence-electron chi connectivity index (χ0n) is 18.4. The molecule has 0 saturated carbocycles. The summed E-state index contributed by atoms with van der Waals surface area (Å²) in [6.45, 7) is 5.37. The van der Waals surface area contributed by atoms with Crippen molar-refractivity contribution in [2.45, 2.75) is 33.3 Å². The van der Waals surface area contributed by atoms with E-state index in [2.05, 4.69) is 5.32 Å². The number of hydrogen-bond donors (Lipinski definition) is 1. The van der Waals surface area contributed by atoms with Crippen molar-refractivity contribution in [2.75, 3.05) is 11.5 Å². The van der Waals surface area contributed by atoms with Gasteiger partial charge in [-0.05, 0) is 67.9 Å². The lowest BCUT2D eigenvalue weighted by Crippen LogP contribution is -2.54. The van der Waals surface area contributed by atoms with Crippen LogP contribution in [0, 0.1) is 0 Å². The monoisotopic (exact) mass is 467 g/mol. The number of carboxylic acid groups (broad SMARTS) is 1. The first-order chi connectivity index (χ1) is 15.8. The molecule has 2 amide bonds. The van der Waals surface area contributed by atoms with E-state index in [-0.39, 0.29) is 22.2 Å². The number of carboxylic acids is 1. The molecule has 0 bridgehead atoms. The Kier molecular flexibility index (Phi) is 7.44. The van der Waals surface area contributed by atoms with E-state index in [0.29, 0.717) is 24.3 Å². The number of aryl methyl sites for hydroxylation is 1. The van der Waals surface area contributed by atoms with Crippen LogP contribution in [0.4, 0.5) is 5.69 Å². The van der Waals surface area contributed by atoms with Gasteiger partial charge in [0, 0.05) is 0 Å². The first kappa shape index (κ1) is 23.9. The predicted molar refractivity (Wildman–Crippen MR) is 125 cm³/mol. The summed E-state index contributed by atoms with van der Waals surface area (Å²) in [5.41, 5.74) is 1.90. The van der Waals surface area contributed by atoms with Gasteiger partial charge < -0.3 is 19.4 Å². The van der Waals surface area contributed by atoms with Crippen LogP contribution in [0.15, 0.2) is 48.0 Å². The second-order valence-electron chi connectivity index (χ2n) is 7.16. The summed E-state index contributed by atoms with van der Waals surface area (Å²) in [5.74, 6) is -2.05. The van der Waals surface area contributed by atoms with Gasteiger partial charge in [-0.2, -0.15) is 0 Å². The summed E-state index contributed by atoms with van der Waals surface area (Å²) in [5, 5.41) is 13.6. The molecule has 0 unspecified atom stereocenters. The van der Waals surface area contributed by atoms with Crippen molar-refractivity contribution in [1.82, 2.24) is 5.32 Å². The number of anilines is 1. The molecule has 1 atom stereocenters. The number of amides is 2. The van der Waals surface area contributed by atoms with Gasteiger partial charge in [0.1, 0.15) is 11.7 Å². The molecule has 8 nitrogen and oxygen atoms in total. The molecule has 2 aromatic rings. The van der Waals surface area contributed by atoms with Crippen LogP contribution in [0.1, 0.15) is 31.9 Å². The third-order valence-electron chi connectivity index (χ3n) is 4.93. The highest BCUT2D eigenvalue weighted by molar-refractivity contribution is 7.80. The number of benzene rings is 2. The van der Waals surface area contributed by atoms with E-state index in [4.69, 9.17) is 21.7 Å². The highest BCUT2D eigenvalue weighted by Crippen LogP contribution is 2.31. The first-order valence-electron chi connectivity index (χ1n) is 10.4. The summed E-state index contributed by atoms with van der Waals surface area (Å²) in [6.07, 6.45) is 0.918. The van der Waals surface area contributed by atoms with Crippen molar-refractivity contribution >= 4 is 46.9 Å². The molecule has 1 N–H and O–H groups in total. The fourth-order valence-electron chi connectivity index (χ4n) is 3.29. The molecule has 0 spiro atoms. The molecule has 0 aromatic heterocycles. The SMILES string of the molecule is CCOc1cc(/C=C2\C(=O)NC(=S)N(c3ccccc3CC)C2=O)ccc1O[C@@H](C)C(=O)[O-]. The van der Waals surface area contributed by atoms with Crippen molar-refractivity contribution in [3.05, 3.63) is 59.2 Å². The van der Waals surface area contributed by atoms with Gasteiger partial charge in [0.2, 0.25) is 0 Å². The van der Waals surface area contributed by atoms with E-state index < -0.39 is 23.9 Å². The molecule has 1 fully saturated rings. The van der Waals surface area contributed by atoms with E-state index in [0.717, 1.165) is 5.56 Å². The highest BCUT2D eigenvalue weighted by atomic mass is 32.1. The highest BCUT2D eigenvalue weighted by Gasteiger charge is 2.35. The Morgan fingerprint density at radius 3 is 2.58 bits per heavy atom. The molecular formula is C24H23N2O6S-. The number of carbonyl (C=O) groups excluding carboxylic acids is 3. The minimum atomic E-state index is -1.36. The number of aliphatic carboxylic acids is 1. The lowest BCUT2D eigenvalue weighted by atomic mass is 10.0. The zero-order chi connectivity index (χ0) is 24.1. The quantitative estimate of drug-likeness (QED) is 0.359. The Balaban J connectivity index is 1.99. The van der Waals surface area contributed by atoms with E-state index in [1.54, 1.807) is 31.2 Å². The van der Waals surface area contributed by atoms with Crippen molar-refractivity contribution in [1.29, 1.82) is 0 Å². The van der Waals surface area contributed by atoms with Crippen LogP contribution in [0.5, 0.6) is 11.5 Å². The molecule has 3 rings (SSSR count). The average Bonchev–Trinajstić information content (AvgIpc) is 2.78. The minimum absolute atomic E-state index is 0.0121. The Morgan fingerprint density at radius 2 is 1.91 bits per heavy atom. The maximum Gasteiger partial charge on any atom is 0.270 e. The molecular weight excluding hydrogens is 444 g/mol. The van der Waals surface area contributed by atoms with E-state index >= 15 is 0 Å². The number of para-hydroxylation sites is 1. The number of nitrogens with zero attached hydrogens (tertiary/aromatic N) is 1. The summed E-state index contributed by atoms with van der Waals surface area (Å²) in [4.78, 5) is 38.2. The van der Waals surface area contributed by atoms with Crippen LogP contribution in [0.2, 0.25) is 0 Å². The van der Waals surface area contributed by atoms with E-state index in [9.17, 15) is 19.5 Å². The van der Waals surface area contributed by atoms with Crippen LogP contribution >= 0.6 is 12.2 Å². The zero-order valence-corrected chi connectivity index (χ0v) is 19.2. The van der Waals surface area contributed by atoms with Gasteiger partial charge in [0.15, 0.2) is 16.6 Å². The Bertz CT molecular complexity index is 1140. The lowest BCUT2D eigenvalue weighted by Gasteiger charge is -2.30. The molecule has 172 valence electrons. The molecule has 33 heavy (non-hydrogen) atoms. The standard InChI is InChI=1S/C24H24N2O6S/c1-4-16-8-6-7-9-18(16)26-22(28)17(21(27)25-24(26)33)12-15-10-11-19(20(13-15)31-5-2)32-14(3)23(29)30/h6-14H,4-5H2,1-3H3,(H,29,30)(H,25,27,33)/p-1/b17-12+/t14-/m0/s1. The summed E-state index contributed by atoms with van der Waals surface area (Å²) < 4.78 is 10.9. The topological polar surface area (TPSA) is 108 Å². The largest absolute Gasteiger partial charge is 0.546 e. The Labute approximate surface area is 196 Å². The van der Waals surface area contributed by atoms with E-state index in [1.807, 2.05) is 19.1 Å². The van der Waals surface area contributed by atoms with Gasteiger partial charge in [-0.15, -0.1) is 0 Å². The molecule has 1 saturated heterocycles. The van der Waals surface area contributed by atoms with Crippen molar-refractivity contribution < 1.29 is 29.0 Å². The fourth-order valence-corrected chi connectivity index (χ4v) is 3.56. The Hall–Kier alpha value is -3.72. The van der Waals surface area contributed by atoms with Crippen molar-refractivity contribution in [2.24, 2.45) is 0 Å². The Morgan fingerprint density at radius 1 is 1.18 bits per heavy atom. The third kappa shape index (κ3) is 5.20. The predicted octanol–water partition coefficient (Wildman–Crippen LogP) is 2.00. The second kappa shape index (κ2) is 10.3. The van der Waals surface area contributed by atoms with Crippen LogP contribution in [0.3, 0.4) is 0 Å². The molecule has 0 aliphatic carbocycles. The van der Waals surface area contributed by atoms with Crippen LogP contribution in [-0.4, -0.2) is 35.6 Å². The second-order valence-corrected chi connectivity index (χ2v) is 7.55. The number of thiocarbonyl (C=S) groups is 1.